The van der Waals surface area contributed by atoms with Crippen LogP contribution in [0.4, 0.5) is 5.69 Å². The molecule has 108 valence electrons. The number of nitrogens with zero attached hydrogens (tertiary/aromatic N) is 2. The minimum atomic E-state index is -0.0791. The maximum atomic E-state index is 12.4. The van der Waals surface area contributed by atoms with E-state index in [9.17, 15) is 9.59 Å². The number of amides is 2. The molecule has 0 atom stereocenters. The van der Waals surface area contributed by atoms with Crippen molar-refractivity contribution in [3.63, 3.8) is 0 Å². The van der Waals surface area contributed by atoms with E-state index in [2.05, 4.69) is 10.3 Å². The molecule has 1 aromatic heterocycles. The molecule has 0 bridgehead atoms. The van der Waals surface area contributed by atoms with Crippen LogP contribution in [0.5, 0.6) is 0 Å². The molecule has 1 aliphatic rings. The summed E-state index contributed by atoms with van der Waals surface area (Å²) in [5.74, 6) is -0.106. The number of aromatic nitrogens is 1. The minimum absolute atomic E-state index is 0.0269. The molecule has 0 spiro atoms. The van der Waals surface area contributed by atoms with Gasteiger partial charge in [0.05, 0.1) is 23.7 Å². The summed E-state index contributed by atoms with van der Waals surface area (Å²) in [5, 5.41) is 5.72. The quantitative estimate of drug-likeness (QED) is 0.945. The van der Waals surface area contributed by atoms with E-state index >= 15 is 0 Å². The number of hydrogen-bond acceptors (Lipinski definition) is 4. The fraction of sp³-hybridized carbons (Fsp3) is 0.267. The molecule has 2 heterocycles. The van der Waals surface area contributed by atoms with Crippen molar-refractivity contribution in [2.75, 3.05) is 12.4 Å². The van der Waals surface area contributed by atoms with Crippen LogP contribution in [0.1, 0.15) is 26.6 Å². The van der Waals surface area contributed by atoms with Crippen LogP contribution in [0.25, 0.3) is 0 Å². The minimum Gasteiger partial charge on any atom is -0.336 e. The van der Waals surface area contributed by atoms with Crippen molar-refractivity contribution in [2.45, 2.75) is 19.9 Å². The molecule has 1 aromatic carbocycles. The molecule has 0 radical (unpaired) electrons. The number of thiazole rings is 1. The van der Waals surface area contributed by atoms with E-state index in [0.717, 1.165) is 22.0 Å². The summed E-state index contributed by atoms with van der Waals surface area (Å²) in [6.45, 7) is 2.42. The van der Waals surface area contributed by atoms with Gasteiger partial charge in [-0.3, -0.25) is 9.59 Å². The Morgan fingerprint density at radius 2 is 2.29 bits per heavy atom. The standard InChI is InChI=1S/C15H15N3O2S/c1-9-16-12(8-21-9)7-18(2)15(20)11-4-3-10-6-14(19)17-13(10)5-11/h3-5,8H,6-7H2,1-2H3,(H,17,19). The highest BCUT2D eigenvalue weighted by Gasteiger charge is 2.20. The molecular weight excluding hydrogens is 286 g/mol. The number of benzene rings is 1. The number of carbonyl (C=O) groups excluding carboxylic acids is 2. The maximum Gasteiger partial charge on any atom is 0.254 e. The first-order valence-electron chi connectivity index (χ1n) is 6.62. The van der Waals surface area contributed by atoms with Gasteiger partial charge >= 0.3 is 0 Å². The van der Waals surface area contributed by atoms with Gasteiger partial charge in [-0.05, 0) is 24.6 Å². The van der Waals surface area contributed by atoms with Crippen molar-refractivity contribution in [3.8, 4) is 0 Å². The maximum absolute atomic E-state index is 12.4. The van der Waals surface area contributed by atoms with Crippen LogP contribution in [-0.4, -0.2) is 28.7 Å². The van der Waals surface area contributed by atoms with Gasteiger partial charge in [-0.2, -0.15) is 0 Å². The molecule has 0 aliphatic carbocycles. The SMILES string of the molecule is Cc1nc(CN(C)C(=O)c2ccc3c(c2)NC(=O)C3)cs1. The van der Waals surface area contributed by atoms with Crippen molar-refractivity contribution >= 4 is 28.8 Å². The molecule has 2 aromatic rings. The number of aryl methyl sites for hydroxylation is 1. The molecule has 3 rings (SSSR count). The Balaban J connectivity index is 1.76. The third kappa shape index (κ3) is 2.80. The first-order valence-corrected chi connectivity index (χ1v) is 7.50. The first kappa shape index (κ1) is 13.8. The Labute approximate surface area is 126 Å². The highest BCUT2D eigenvalue weighted by molar-refractivity contribution is 7.09. The summed E-state index contributed by atoms with van der Waals surface area (Å²) >= 11 is 1.57. The smallest absolute Gasteiger partial charge is 0.254 e. The van der Waals surface area contributed by atoms with E-state index in [0.29, 0.717) is 18.5 Å². The lowest BCUT2D eigenvalue weighted by atomic mass is 10.1. The van der Waals surface area contributed by atoms with E-state index in [-0.39, 0.29) is 11.8 Å². The van der Waals surface area contributed by atoms with Crippen molar-refractivity contribution < 1.29 is 9.59 Å². The van der Waals surface area contributed by atoms with E-state index in [4.69, 9.17) is 0 Å². The molecule has 0 fully saturated rings. The summed E-state index contributed by atoms with van der Waals surface area (Å²) in [5.41, 5.74) is 3.14. The topological polar surface area (TPSA) is 62.3 Å². The van der Waals surface area contributed by atoms with Crippen molar-refractivity contribution in [1.82, 2.24) is 9.88 Å². The summed E-state index contributed by atoms with van der Waals surface area (Å²) in [7, 11) is 1.75. The molecule has 0 saturated carbocycles. The Bertz CT molecular complexity index is 723. The zero-order valence-electron chi connectivity index (χ0n) is 11.8. The van der Waals surface area contributed by atoms with Crippen LogP contribution in [-0.2, 0) is 17.8 Å². The van der Waals surface area contributed by atoms with Gasteiger partial charge in [-0.25, -0.2) is 4.98 Å². The first-order chi connectivity index (χ1) is 10.0. The number of rotatable bonds is 3. The lowest BCUT2D eigenvalue weighted by molar-refractivity contribution is -0.115. The van der Waals surface area contributed by atoms with Crippen LogP contribution in [0.3, 0.4) is 0 Å². The summed E-state index contributed by atoms with van der Waals surface area (Å²) < 4.78 is 0. The molecule has 1 aliphatic heterocycles. The van der Waals surface area contributed by atoms with Gasteiger partial charge in [-0.15, -0.1) is 11.3 Å². The van der Waals surface area contributed by atoms with E-state index in [1.165, 1.54) is 0 Å². The van der Waals surface area contributed by atoms with Gasteiger partial charge in [0.1, 0.15) is 0 Å². The summed E-state index contributed by atoms with van der Waals surface area (Å²) in [6.07, 6.45) is 0.387. The van der Waals surface area contributed by atoms with Gasteiger partial charge < -0.3 is 10.2 Å². The zero-order chi connectivity index (χ0) is 15.0. The lowest BCUT2D eigenvalue weighted by Gasteiger charge is -2.16. The van der Waals surface area contributed by atoms with Crippen LogP contribution >= 0.6 is 11.3 Å². The molecule has 6 heteroatoms. The number of carbonyl (C=O) groups is 2. The number of anilines is 1. The summed E-state index contributed by atoms with van der Waals surface area (Å²) in [4.78, 5) is 29.8. The fourth-order valence-corrected chi connectivity index (χ4v) is 2.97. The largest absolute Gasteiger partial charge is 0.336 e. The molecule has 0 unspecified atom stereocenters. The molecular formula is C15H15N3O2S. The van der Waals surface area contributed by atoms with Crippen LogP contribution in [0.2, 0.25) is 0 Å². The predicted octanol–water partition coefficient (Wildman–Crippen LogP) is 2.22. The second kappa shape index (κ2) is 5.29. The highest BCUT2D eigenvalue weighted by Crippen LogP contribution is 2.24. The van der Waals surface area contributed by atoms with Gasteiger partial charge in [0.25, 0.3) is 5.91 Å². The van der Waals surface area contributed by atoms with E-state index in [1.807, 2.05) is 18.4 Å². The normalized spacial score (nSPS) is 13.0. The highest BCUT2D eigenvalue weighted by atomic mass is 32.1. The van der Waals surface area contributed by atoms with Crippen molar-refractivity contribution in [1.29, 1.82) is 0 Å². The second-order valence-corrected chi connectivity index (χ2v) is 6.18. The Hall–Kier alpha value is -2.21. The Morgan fingerprint density at radius 3 is 3.00 bits per heavy atom. The van der Waals surface area contributed by atoms with Gasteiger partial charge in [0.2, 0.25) is 5.91 Å². The van der Waals surface area contributed by atoms with E-state index < -0.39 is 0 Å². The van der Waals surface area contributed by atoms with Crippen LogP contribution < -0.4 is 5.32 Å². The monoisotopic (exact) mass is 301 g/mol. The molecule has 0 saturated heterocycles. The van der Waals surface area contributed by atoms with Gasteiger partial charge in [0, 0.05) is 23.7 Å². The van der Waals surface area contributed by atoms with E-state index in [1.54, 1.807) is 35.4 Å². The second-order valence-electron chi connectivity index (χ2n) is 5.12. The van der Waals surface area contributed by atoms with Crippen LogP contribution in [0, 0.1) is 6.92 Å². The fourth-order valence-electron chi connectivity index (χ4n) is 2.36. The Kier molecular flexibility index (Phi) is 3.47. The summed E-state index contributed by atoms with van der Waals surface area (Å²) in [6, 6.07) is 5.34. The molecule has 5 nitrogen and oxygen atoms in total. The molecule has 1 N–H and O–H groups in total. The average Bonchev–Trinajstić information content (AvgIpc) is 3.01. The number of nitrogens with one attached hydrogen (secondary N) is 1. The van der Waals surface area contributed by atoms with Crippen LogP contribution in [0.15, 0.2) is 23.6 Å². The lowest BCUT2D eigenvalue weighted by Crippen LogP contribution is -2.26. The van der Waals surface area contributed by atoms with Gasteiger partial charge in [-0.1, -0.05) is 6.07 Å². The third-order valence-electron chi connectivity index (χ3n) is 3.39. The molecule has 21 heavy (non-hydrogen) atoms. The van der Waals surface area contributed by atoms with Crippen molar-refractivity contribution in [2.24, 2.45) is 0 Å². The Morgan fingerprint density at radius 1 is 1.48 bits per heavy atom. The van der Waals surface area contributed by atoms with Crippen molar-refractivity contribution in [3.05, 3.63) is 45.4 Å². The number of fused-ring (bicyclic) bond motifs is 1. The zero-order valence-corrected chi connectivity index (χ0v) is 12.7. The average molecular weight is 301 g/mol. The molecule has 2 amide bonds. The predicted molar refractivity (Wildman–Crippen MR) is 81.4 cm³/mol. The van der Waals surface area contributed by atoms with Gasteiger partial charge in [0.15, 0.2) is 0 Å². The third-order valence-corrected chi connectivity index (χ3v) is 4.22. The number of hydrogen-bond donors (Lipinski definition) is 1.